The summed E-state index contributed by atoms with van der Waals surface area (Å²) in [5.41, 5.74) is 5.59. The molecular formula is C21H25F2N5O2S. The molecule has 1 aromatic heterocycles. The van der Waals surface area contributed by atoms with Gasteiger partial charge in [-0.3, -0.25) is 18.7 Å². The number of fused-ring (bicyclic) bond motifs is 1. The van der Waals surface area contributed by atoms with Crippen LogP contribution in [0.4, 0.5) is 14.5 Å². The van der Waals surface area contributed by atoms with E-state index >= 15 is 4.39 Å². The van der Waals surface area contributed by atoms with Crippen LogP contribution in [0.5, 0.6) is 0 Å². The minimum absolute atomic E-state index is 0.0182. The highest BCUT2D eigenvalue weighted by Gasteiger charge is 2.58. The van der Waals surface area contributed by atoms with E-state index in [9.17, 15) is 13.4 Å². The second kappa shape index (κ2) is 7.16. The van der Waals surface area contributed by atoms with Gasteiger partial charge in [0.25, 0.3) is 5.91 Å². The number of carbonyl (C=O) groups is 1. The zero-order valence-electron chi connectivity index (χ0n) is 17.4. The molecule has 166 valence electrons. The van der Waals surface area contributed by atoms with E-state index in [0.29, 0.717) is 18.7 Å². The number of aromatic nitrogens is 1. The molecule has 7 nitrogen and oxygen atoms in total. The van der Waals surface area contributed by atoms with E-state index in [1.54, 1.807) is 20.8 Å². The Hall–Kier alpha value is -2.72. The van der Waals surface area contributed by atoms with Gasteiger partial charge in [0.2, 0.25) is 0 Å². The normalized spacial score (nSPS) is 27.1. The number of amidine groups is 1. The van der Waals surface area contributed by atoms with Gasteiger partial charge in [0.15, 0.2) is 0 Å². The van der Waals surface area contributed by atoms with Crippen LogP contribution in [0.15, 0.2) is 41.5 Å². The number of rotatable bonds is 3. The van der Waals surface area contributed by atoms with Crippen LogP contribution >= 0.6 is 0 Å². The molecule has 31 heavy (non-hydrogen) atoms. The number of thiol groups is 1. The number of halogens is 2. The third-order valence-electron chi connectivity index (χ3n) is 6.39. The molecular weight excluding hydrogens is 424 g/mol. The molecule has 2 atom stereocenters. The van der Waals surface area contributed by atoms with Gasteiger partial charge in [-0.2, -0.15) is 0 Å². The highest BCUT2D eigenvalue weighted by Crippen LogP contribution is 2.49. The zero-order chi connectivity index (χ0) is 22.6. The molecule has 1 saturated heterocycles. The molecule has 0 aliphatic carbocycles. The lowest BCUT2D eigenvalue weighted by Crippen LogP contribution is -2.64. The third-order valence-corrected chi connectivity index (χ3v) is 10.6. The monoisotopic (exact) mass is 449 g/mol. The maximum absolute atomic E-state index is 15.0. The molecule has 2 aliphatic heterocycles. The fourth-order valence-electron chi connectivity index (χ4n) is 4.45. The molecule has 2 aromatic rings. The SMILES string of the molecule is CC1(C)C(N)=N[C@](C)(c2cc(NC(=O)c3ccc(F)cn3)ccc2F)[C@@H]2CCN[SH]21=O. The molecule has 0 spiro atoms. The smallest absolute Gasteiger partial charge is 0.274 e. The van der Waals surface area contributed by atoms with E-state index < -0.39 is 43.2 Å². The predicted octanol–water partition coefficient (Wildman–Crippen LogP) is 2.27. The Morgan fingerprint density at radius 1 is 1.26 bits per heavy atom. The van der Waals surface area contributed by atoms with Gasteiger partial charge in [0, 0.05) is 17.8 Å². The summed E-state index contributed by atoms with van der Waals surface area (Å²) >= 11 is 0. The Morgan fingerprint density at radius 3 is 2.68 bits per heavy atom. The summed E-state index contributed by atoms with van der Waals surface area (Å²) in [6.07, 6.45) is 1.50. The Bertz CT molecular complexity index is 1140. The van der Waals surface area contributed by atoms with Gasteiger partial charge in [-0.1, -0.05) is 0 Å². The van der Waals surface area contributed by atoms with Crippen LogP contribution in [0.1, 0.15) is 43.2 Å². The summed E-state index contributed by atoms with van der Waals surface area (Å²) in [6, 6.07) is 6.51. The number of benzene rings is 1. The molecule has 3 heterocycles. The summed E-state index contributed by atoms with van der Waals surface area (Å²) in [4.78, 5) is 20.9. The number of anilines is 1. The van der Waals surface area contributed by atoms with E-state index in [4.69, 9.17) is 5.73 Å². The molecule has 0 radical (unpaired) electrons. The highest BCUT2D eigenvalue weighted by molar-refractivity contribution is 8.04. The summed E-state index contributed by atoms with van der Waals surface area (Å²) in [6.45, 7) is 5.84. The van der Waals surface area contributed by atoms with Crippen LogP contribution < -0.4 is 15.8 Å². The number of amides is 1. The van der Waals surface area contributed by atoms with Crippen molar-refractivity contribution in [2.45, 2.75) is 42.7 Å². The van der Waals surface area contributed by atoms with Crippen LogP contribution in [-0.2, 0) is 15.7 Å². The Labute approximate surface area is 180 Å². The van der Waals surface area contributed by atoms with Crippen LogP contribution in [0, 0.1) is 11.6 Å². The number of carbonyl (C=O) groups excluding carboxylic acids is 1. The van der Waals surface area contributed by atoms with Gasteiger partial charge in [-0.05, 0) is 67.6 Å². The number of nitrogens with two attached hydrogens (primary N) is 1. The maximum atomic E-state index is 15.0. The number of nitrogens with one attached hydrogen (secondary N) is 2. The highest BCUT2D eigenvalue weighted by atomic mass is 32.3. The van der Waals surface area contributed by atoms with E-state index in [1.165, 1.54) is 24.3 Å². The van der Waals surface area contributed by atoms with E-state index in [0.717, 1.165) is 12.3 Å². The first-order valence-corrected chi connectivity index (χ1v) is 11.7. The Morgan fingerprint density at radius 2 is 2.00 bits per heavy atom. The van der Waals surface area contributed by atoms with E-state index in [-0.39, 0.29) is 17.1 Å². The molecule has 4 N–H and O–H groups in total. The van der Waals surface area contributed by atoms with Gasteiger partial charge in [0.1, 0.15) is 28.7 Å². The first-order valence-electron chi connectivity index (χ1n) is 9.93. The average Bonchev–Trinajstić information content (AvgIpc) is 3.13. The number of aliphatic imine (C=N–C) groups is 1. The number of pyridine rings is 1. The summed E-state index contributed by atoms with van der Waals surface area (Å²) < 4.78 is 44.3. The molecule has 1 amide bonds. The maximum Gasteiger partial charge on any atom is 0.274 e. The fourth-order valence-corrected chi connectivity index (χ4v) is 8.09. The molecule has 1 aromatic carbocycles. The van der Waals surface area contributed by atoms with Gasteiger partial charge < -0.3 is 11.1 Å². The van der Waals surface area contributed by atoms with Crippen LogP contribution in [0.25, 0.3) is 0 Å². The topological polar surface area (TPSA) is 109 Å². The summed E-state index contributed by atoms with van der Waals surface area (Å²) in [5, 5.41) is 2.20. The number of nitrogens with zero attached hydrogens (tertiary/aromatic N) is 2. The first kappa shape index (κ1) is 21.5. The first-order chi connectivity index (χ1) is 14.5. The fraction of sp³-hybridized carbons (Fsp3) is 0.381. The van der Waals surface area contributed by atoms with Crippen molar-refractivity contribution in [1.29, 1.82) is 0 Å². The van der Waals surface area contributed by atoms with Crippen molar-refractivity contribution in [3.63, 3.8) is 0 Å². The van der Waals surface area contributed by atoms with Crippen molar-refractivity contribution in [2.24, 2.45) is 10.7 Å². The lowest BCUT2D eigenvalue weighted by atomic mass is 9.86. The van der Waals surface area contributed by atoms with Crippen LogP contribution in [0.2, 0.25) is 0 Å². The summed E-state index contributed by atoms with van der Waals surface area (Å²) in [7, 11) is -3.04. The van der Waals surface area contributed by atoms with Gasteiger partial charge >= 0.3 is 0 Å². The van der Waals surface area contributed by atoms with Gasteiger partial charge in [-0.25, -0.2) is 13.8 Å². The minimum Gasteiger partial charge on any atom is -0.386 e. The molecule has 0 unspecified atom stereocenters. The van der Waals surface area contributed by atoms with Gasteiger partial charge in [0.05, 0.1) is 16.2 Å². The summed E-state index contributed by atoms with van der Waals surface area (Å²) in [5.74, 6) is -1.45. The lowest BCUT2D eigenvalue weighted by molar-refractivity contribution is 0.102. The predicted molar refractivity (Wildman–Crippen MR) is 118 cm³/mol. The molecule has 1 fully saturated rings. The number of hydrogen-bond donors (Lipinski definition) is 4. The third kappa shape index (κ3) is 3.25. The van der Waals surface area contributed by atoms with Crippen molar-refractivity contribution in [1.82, 2.24) is 9.71 Å². The number of hydrogen-bond acceptors (Lipinski definition) is 5. The second-order valence-electron chi connectivity index (χ2n) is 8.58. The molecule has 10 heteroatoms. The van der Waals surface area contributed by atoms with Crippen molar-refractivity contribution in [3.8, 4) is 0 Å². The largest absolute Gasteiger partial charge is 0.386 e. The second-order valence-corrected chi connectivity index (χ2v) is 12.0. The molecule has 0 saturated carbocycles. The average molecular weight is 450 g/mol. The van der Waals surface area contributed by atoms with E-state index in [1.807, 2.05) is 0 Å². The quantitative estimate of drug-likeness (QED) is 0.539. The van der Waals surface area contributed by atoms with Crippen molar-refractivity contribution in [2.75, 3.05) is 11.9 Å². The standard InChI is InChI=1S/C21H25F2N5O2S/c1-20(2)19(24)28-21(3,17-8-9-26-31(17,20)30)14-10-13(5-6-15(14)23)27-18(29)16-7-4-12(22)11-25-16/h4-7,10-11,17,31H,8-9H2,1-3H3,(H2,24,28)(H,26,30)(H,27,29)/t17-,21+/m0/s1. The van der Waals surface area contributed by atoms with Crippen LogP contribution in [-0.4, -0.2) is 37.5 Å². The molecule has 2 aliphatic rings. The minimum atomic E-state index is -3.04. The molecule has 4 rings (SSSR count). The van der Waals surface area contributed by atoms with Crippen molar-refractivity contribution >= 4 is 27.5 Å². The van der Waals surface area contributed by atoms with Gasteiger partial charge in [-0.15, -0.1) is 0 Å². The van der Waals surface area contributed by atoms with Crippen molar-refractivity contribution in [3.05, 3.63) is 59.4 Å². The van der Waals surface area contributed by atoms with Crippen LogP contribution in [0.3, 0.4) is 0 Å². The molecule has 0 bridgehead atoms. The zero-order valence-corrected chi connectivity index (χ0v) is 18.3. The van der Waals surface area contributed by atoms with E-state index in [2.05, 4.69) is 20.0 Å². The Kier molecular flexibility index (Phi) is 4.97. The van der Waals surface area contributed by atoms with Crippen molar-refractivity contribution < 1.29 is 17.8 Å². The Balaban J connectivity index is 1.74. The lowest BCUT2D eigenvalue weighted by Gasteiger charge is -2.50.